The van der Waals surface area contributed by atoms with E-state index in [1.807, 2.05) is 31.2 Å². The van der Waals surface area contributed by atoms with Crippen LogP contribution in [0.15, 0.2) is 42.5 Å². The summed E-state index contributed by atoms with van der Waals surface area (Å²) < 4.78 is 10.5. The number of carbonyl (C=O) groups is 2. The molecule has 0 radical (unpaired) electrons. The zero-order valence-electron chi connectivity index (χ0n) is 17.9. The Morgan fingerprint density at radius 3 is 2.45 bits per heavy atom. The molecule has 31 heavy (non-hydrogen) atoms. The average molecular weight is 440 g/mol. The second-order valence-electron chi connectivity index (χ2n) is 6.98. The van der Waals surface area contributed by atoms with Gasteiger partial charge in [-0.05, 0) is 31.5 Å². The topological polar surface area (TPSA) is 89.6 Å². The van der Waals surface area contributed by atoms with Crippen LogP contribution in [-0.2, 0) is 17.8 Å². The third-order valence-corrected chi connectivity index (χ3v) is 5.77. The maximum absolute atomic E-state index is 12.6. The number of aryl methyl sites for hydroxylation is 2. The van der Waals surface area contributed by atoms with E-state index in [9.17, 15) is 9.59 Å². The second kappa shape index (κ2) is 10.1. The van der Waals surface area contributed by atoms with Crippen molar-refractivity contribution in [3.05, 3.63) is 69.2 Å². The highest BCUT2D eigenvalue weighted by Gasteiger charge is 2.18. The van der Waals surface area contributed by atoms with E-state index in [1.165, 1.54) is 24.0 Å². The highest BCUT2D eigenvalue weighted by atomic mass is 32.1. The molecule has 2 aromatic carbocycles. The molecule has 7 nitrogen and oxygen atoms in total. The minimum Gasteiger partial charge on any atom is -0.497 e. The fourth-order valence-electron chi connectivity index (χ4n) is 2.95. The van der Waals surface area contributed by atoms with Gasteiger partial charge in [-0.1, -0.05) is 29.8 Å². The summed E-state index contributed by atoms with van der Waals surface area (Å²) >= 11 is 1.22. The maximum atomic E-state index is 12.6. The van der Waals surface area contributed by atoms with Crippen LogP contribution in [0.3, 0.4) is 0 Å². The quantitative estimate of drug-likeness (QED) is 0.556. The van der Waals surface area contributed by atoms with Gasteiger partial charge in [0.15, 0.2) is 0 Å². The van der Waals surface area contributed by atoms with Crippen LogP contribution in [0.25, 0.3) is 0 Å². The van der Waals surface area contributed by atoms with Gasteiger partial charge in [-0.25, -0.2) is 4.98 Å². The largest absolute Gasteiger partial charge is 0.497 e. The fourth-order valence-corrected chi connectivity index (χ4v) is 3.93. The molecule has 0 aliphatic rings. The molecule has 3 aromatic rings. The first-order valence-electron chi connectivity index (χ1n) is 9.71. The Labute approximate surface area is 185 Å². The third kappa shape index (κ3) is 5.82. The number of anilines is 1. The Morgan fingerprint density at radius 2 is 1.77 bits per heavy atom. The molecule has 0 fully saturated rings. The summed E-state index contributed by atoms with van der Waals surface area (Å²) in [4.78, 5) is 30.0. The lowest BCUT2D eigenvalue weighted by Crippen LogP contribution is -2.22. The first kappa shape index (κ1) is 22.3. The van der Waals surface area contributed by atoms with Gasteiger partial charge in [-0.2, -0.15) is 0 Å². The first-order valence-corrected chi connectivity index (χ1v) is 10.5. The SMILES string of the molecule is COc1ccc(OC)c(NC(=O)Cc2nc(C)c(C(=O)NCc3ccc(C)cc3)s2)c1. The van der Waals surface area contributed by atoms with E-state index in [1.54, 1.807) is 32.2 Å². The predicted octanol–water partition coefficient (Wildman–Crippen LogP) is 3.89. The molecule has 3 rings (SSSR count). The number of thiazole rings is 1. The normalized spacial score (nSPS) is 10.5. The third-order valence-electron chi connectivity index (χ3n) is 4.61. The van der Waals surface area contributed by atoms with Crippen LogP contribution in [0.5, 0.6) is 11.5 Å². The molecule has 0 aliphatic carbocycles. The molecular weight excluding hydrogens is 414 g/mol. The van der Waals surface area contributed by atoms with Crippen LogP contribution in [0, 0.1) is 13.8 Å². The van der Waals surface area contributed by atoms with Crippen LogP contribution in [0.1, 0.15) is 31.5 Å². The van der Waals surface area contributed by atoms with E-state index in [-0.39, 0.29) is 18.2 Å². The number of rotatable bonds is 8. The summed E-state index contributed by atoms with van der Waals surface area (Å²) in [6.45, 7) is 4.22. The number of carbonyl (C=O) groups excluding carboxylic acids is 2. The van der Waals surface area contributed by atoms with Crippen molar-refractivity contribution in [1.82, 2.24) is 10.3 Å². The van der Waals surface area contributed by atoms with Gasteiger partial charge in [0.25, 0.3) is 5.91 Å². The lowest BCUT2D eigenvalue weighted by molar-refractivity contribution is -0.115. The number of amides is 2. The van der Waals surface area contributed by atoms with Gasteiger partial charge in [-0.15, -0.1) is 11.3 Å². The molecule has 2 N–H and O–H groups in total. The van der Waals surface area contributed by atoms with Crippen LogP contribution in [0.2, 0.25) is 0 Å². The monoisotopic (exact) mass is 439 g/mol. The van der Waals surface area contributed by atoms with E-state index in [0.29, 0.717) is 39.3 Å². The fraction of sp³-hybridized carbons (Fsp3) is 0.261. The van der Waals surface area contributed by atoms with Crippen molar-refractivity contribution in [3.8, 4) is 11.5 Å². The van der Waals surface area contributed by atoms with Crippen LogP contribution < -0.4 is 20.1 Å². The summed E-state index contributed by atoms with van der Waals surface area (Å²) in [5.41, 5.74) is 3.31. The van der Waals surface area contributed by atoms with Crippen molar-refractivity contribution in [2.45, 2.75) is 26.8 Å². The van der Waals surface area contributed by atoms with Gasteiger partial charge in [0.05, 0.1) is 32.0 Å². The van der Waals surface area contributed by atoms with Crippen LogP contribution in [0.4, 0.5) is 5.69 Å². The van der Waals surface area contributed by atoms with Crippen molar-refractivity contribution in [3.63, 3.8) is 0 Å². The molecule has 0 spiro atoms. The van der Waals surface area contributed by atoms with E-state index in [2.05, 4.69) is 15.6 Å². The summed E-state index contributed by atoms with van der Waals surface area (Å²) in [7, 11) is 3.08. The second-order valence-corrected chi connectivity index (χ2v) is 8.07. The zero-order valence-corrected chi connectivity index (χ0v) is 18.8. The molecule has 162 valence electrons. The van der Waals surface area contributed by atoms with Crippen molar-refractivity contribution < 1.29 is 19.1 Å². The summed E-state index contributed by atoms with van der Waals surface area (Å²) in [5.74, 6) is 0.679. The van der Waals surface area contributed by atoms with Crippen molar-refractivity contribution in [2.75, 3.05) is 19.5 Å². The van der Waals surface area contributed by atoms with E-state index >= 15 is 0 Å². The van der Waals surface area contributed by atoms with Crippen molar-refractivity contribution in [2.24, 2.45) is 0 Å². The van der Waals surface area contributed by atoms with Gasteiger partial charge in [0.2, 0.25) is 5.91 Å². The summed E-state index contributed by atoms with van der Waals surface area (Å²) in [6, 6.07) is 13.1. The highest BCUT2D eigenvalue weighted by Crippen LogP contribution is 2.29. The Morgan fingerprint density at radius 1 is 1.03 bits per heavy atom. The Balaban J connectivity index is 1.63. The molecule has 1 heterocycles. The predicted molar refractivity (Wildman–Crippen MR) is 121 cm³/mol. The number of methoxy groups -OCH3 is 2. The van der Waals surface area contributed by atoms with Gasteiger partial charge in [0, 0.05) is 12.6 Å². The Bertz CT molecular complexity index is 1080. The van der Waals surface area contributed by atoms with Crippen molar-refractivity contribution in [1.29, 1.82) is 0 Å². The number of nitrogens with zero attached hydrogens (tertiary/aromatic N) is 1. The van der Waals surface area contributed by atoms with Gasteiger partial charge >= 0.3 is 0 Å². The van der Waals surface area contributed by atoms with Crippen LogP contribution in [-0.4, -0.2) is 31.0 Å². The minimum atomic E-state index is -0.257. The minimum absolute atomic E-state index is 0.0527. The lowest BCUT2D eigenvalue weighted by Gasteiger charge is -2.11. The standard InChI is InChI=1S/C23H25N3O4S/c1-14-5-7-16(8-6-14)13-24-23(28)22-15(2)25-21(31-22)12-20(27)26-18-11-17(29-3)9-10-19(18)30-4/h5-11H,12-13H2,1-4H3,(H,24,28)(H,26,27). The number of benzene rings is 2. The van der Waals surface area contributed by atoms with Gasteiger partial charge < -0.3 is 20.1 Å². The number of aromatic nitrogens is 1. The van der Waals surface area contributed by atoms with E-state index in [4.69, 9.17) is 9.47 Å². The molecule has 8 heteroatoms. The Kier molecular flexibility index (Phi) is 7.25. The van der Waals surface area contributed by atoms with Crippen molar-refractivity contribution >= 4 is 28.8 Å². The number of nitrogens with one attached hydrogen (secondary N) is 2. The molecule has 0 saturated heterocycles. The molecule has 0 saturated carbocycles. The molecule has 2 amide bonds. The highest BCUT2D eigenvalue weighted by molar-refractivity contribution is 7.13. The number of hydrogen-bond acceptors (Lipinski definition) is 6. The molecule has 0 aliphatic heterocycles. The Hall–Kier alpha value is -3.39. The van der Waals surface area contributed by atoms with Crippen LogP contribution >= 0.6 is 11.3 Å². The number of ether oxygens (including phenoxy) is 2. The zero-order chi connectivity index (χ0) is 22.4. The first-order chi connectivity index (χ1) is 14.9. The molecule has 0 bridgehead atoms. The molecule has 1 aromatic heterocycles. The van der Waals surface area contributed by atoms with E-state index in [0.717, 1.165) is 5.56 Å². The number of hydrogen-bond donors (Lipinski definition) is 2. The lowest BCUT2D eigenvalue weighted by atomic mass is 10.1. The van der Waals surface area contributed by atoms with Gasteiger partial charge in [0.1, 0.15) is 21.4 Å². The van der Waals surface area contributed by atoms with E-state index < -0.39 is 0 Å². The summed E-state index contributed by atoms with van der Waals surface area (Å²) in [5, 5.41) is 6.29. The molecule has 0 atom stereocenters. The molecule has 0 unspecified atom stereocenters. The average Bonchev–Trinajstić information content (AvgIpc) is 3.12. The summed E-state index contributed by atoms with van der Waals surface area (Å²) in [6.07, 6.45) is 0.0527. The van der Waals surface area contributed by atoms with Gasteiger partial charge in [-0.3, -0.25) is 9.59 Å². The smallest absolute Gasteiger partial charge is 0.263 e. The maximum Gasteiger partial charge on any atom is 0.263 e. The molecular formula is C23H25N3O4S.